The van der Waals surface area contributed by atoms with Gasteiger partial charge < -0.3 is 19.7 Å². The van der Waals surface area contributed by atoms with E-state index in [1.54, 1.807) is 6.07 Å². The predicted molar refractivity (Wildman–Crippen MR) is 96.1 cm³/mol. The molecule has 2 aromatic rings. The second-order valence-corrected chi connectivity index (χ2v) is 6.19. The molecule has 1 saturated heterocycles. The number of benzene rings is 1. The van der Waals surface area contributed by atoms with E-state index >= 15 is 0 Å². The first-order valence-corrected chi connectivity index (χ1v) is 8.41. The molecule has 1 aromatic heterocycles. The highest BCUT2D eigenvalue weighted by atomic mass is 16.5. The zero-order chi connectivity index (χ0) is 18.0. The number of esters is 1. The third-order valence-corrected chi connectivity index (χ3v) is 4.59. The van der Waals surface area contributed by atoms with Crippen LogP contribution in [0.3, 0.4) is 0 Å². The molecule has 1 aromatic carbocycles. The molecular weight excluding hydrogens is 320 g/mol. The predicted octanol–water partition coefficient (Wildman–Crippen LogP) is 1.96. The van der Waals surface area contributed by atoms with Crippen molar-refractivity contribution in [2.45, 2.75) is 25.9 Å². The van der Waals surface area contributed by atoms with Crippen LogP contribution in [-0.4, -0.2) is 42.4 Å². The zero-order valence-corrected chi connectivity index (χ0v) is 14.4. The van der Waals surface area contributed by atoms with E-state index in [4.69, 9.17) is 0 Å². The van der Waals surface area contributed by atoms with Crippen molar-refractivity contribution in [3.8, 4) is 11.3 Å². The molecule has 25 heavy (non-hydrogen) atoms. The Morgan fingerprint density at radius 2 is 2.08 bits per heavy atom. The van der Waals surface area contributed by atoms with Gasteiger partial charge in [-0.05, 0) is 42.2 Å². The van der Waals surface area contributed by atoms with Crippen LogP contribution in [-0.2, 0) is 11.2 Å². The first-order valence-electron chi connectivity index (χ1n) is 8.41. The molecule has 1 aliphatic rings. The molecule has 132 valence electrons. The van der Waals surface area contributed by atoms with E-state index in [2.05, 4.69) is 14.6 Å². The van der Waals surface area contributed by atoms with Crippen molar-refractivity contribution in [1.29, 1.82) is 0 Å². The van der Waals surface area contributed by atoms with Crippen LogP contribution in [0.15, 0.2) is 35.1 Å². The SMILES string of the molecule is CCc1cc(C(=O)OC)c(=O)[nH]c1-c1ccc(N2CCC(O)C2)cc1. The van der Waals surface area contributed by atoms with E-state index in [1.807, 2.05) is 31.2 Å². The number of anilines is 1. The molecule has 0 bridgehead atoms. The molecule has 2 N–H and O–H groups in total. The number of methoxy groups -OCH3 is 1. The normalized spacial score (nSPS) is 16.9. The van der Waals surface area contributed by atoms with Gasteiger partial charge in [-0.15, -0.1) is 0 Å². The van der Waals surface area contributed by atoms with E-state index < -0.39 is 11.5 Å². The zero-order valence-electron chi connectivity index (χ0n) is 14.4. The molecule has 0 amide bonds. The number of aromatic nitrogens is 1. The molecule has 0 aliphatic carbocycles. The lowest BCUT2D eigenvalue weighted by Gasteiger charge is -2.18. The molecular formula is C19H22N2O4. The summed E-state index contributed by atoms with van der Waals surface area (Å²) < 4.78 is 4.66. The van der Waals surface area contributed by atoms with E-state index in [1.165, 1.54) is 7.11 Å². The summed E-state index contributed by atoms with van der Waals surface area (Å²) in [6.45, 7) is 3.45. The van der Waals surface area contributed by atoms with Gasteiger partial charge in [0.1, 0.15) is 5.56 Å². The van der Waals surface area contributed by atoms with Crippen molar-refractivity contribution in [2.75, 3.05) is 25.1 Å². The first-order chi connectivity index (χ1) is 12.0. The fraction of sp³-hybridized carbons (Fsp3) is 0.368. The van der Waals surface area contributed by atoms with Gasteiger partial charge in [-0.2, -0.15) is 0 Å². The number of hydrogen-bond acceptors (Lipinski definition) is 5. The van der Waals surface area contributed by atoms with E-state index in [9.17, 15) is 14.7 Å². The number of aliphatic hydroxyl groups excluding tert-OH is 1. The van der Waals surface area contributed by atoms with Crippen molar-refractivity contribution in [3.05, 3.63) is 51.8 Å². The molecule has 0 spiro atoms. The summed E-state index contributed by atoms with van der Waals surface area (Å²) in [6, 6.07) is 9.47. The average Bonchev–Trinajstić information content (AvgIpc) is 3.07. The summed E-state index contributed by atoms with van der Waals surface area (Å²) in [7, 11) is 1.26. The van der Waals surface area contributed by atoms with Crippen LogP contribution in [0.4, 0.5) is 5.69 Å². The minimum Gasteiger partial charge on any atom is -0.465 e. The Labute approximate surface area is 146 Å². The fourth-order valence-corrected chi connectivity index (χ4v) is 3.19. The molecule has 0 radical (unpaired) electrons. The lowest BCUT2D eigenvalue weighted by atomic mass is 10.0. The van der Waals surface area contributed by atoms with Crippen LogP contribution in [0.25, 0.3) is 11.3 Å². The van der Waals surface area contributed by atoms with Gasteiger partial charge >= 0.3 is 5.97 Å². The summed E-state index contributed by atoms with van der Waals surface area (Å²) in [5.74, 6) is -0.634. The number of β-amino-alcohol motifs (C(OH)–C–C–N with tert-alkyl or cyclic N) is 1. The quantitative estimate of drug-likeness (QED) is 0.830. The Morgan fingerprint density at radius 1 is 1.36 bits per heavy atom. The Kier molecular flexibility index (Phi) is 4.90. The molecule has 3 rings (SSSR count). The molecule has 1 unspecified atom stereocenters. The Bertz CT molecular complexity index is 826. The smallest absolute Gasteiger partial charge is 0.343 e. The molecule has 0 saturated carbocycles. The average molecular weight is 342 g/mol. The topological polar surface area (TPSA) is 82.6 Å². The van der Waals surface area contributed by atoms with Crippen molar-refractivity contribution < 1.29 is 14.6 Å². The highest BCUT2D eigenvalue weighted by molar-refractivity contribution is 5.89. The number of ether oxygens (including phenoxy) is 1. The summed E-state index contributed by atoms with van der Waals surface area (Å²) in [4.78, 5) is 28.9. The third-order valence-electron chi connectivity index (χ3n) is 4.59. The number of carbonyl (C=O) groups is 1. The van der Waals surface area contributed by atoms with Gasteiger partial charge in [0.15, 0.2) is 0 Å². The second-order valence-electron chi connectivity index (χ2n) is 6.19. The largest absolute Gasteiger partial charge is 0.465 e. The summed E-state index contributed by atoms with van der Waals surface area (Å²) in [6.07, 6.45) is 1.19. The van der Waals surface area contributed by atoms with Gasteiger partial charge in [-0.1, -0.05) is 19.1 Å². The number of hydrogen-bond donors (Lipinski definition) is 2. The standard InChI is InChI=1S/C19H22N2O4/c1-3-12-10-16(19(24)25-2)18(23)20-17(12)13-4-6-14(7-5-13)21-9-8-15(22)11-21/h4-7,10,15,22H,3,8-9,11H2,1-2H3,(H,20,23). The Morgan fingerprint density at radius 3 is 2.64 bits per heavy atom. The molecule has 1 fully saturated rings. The van der Waals surface area contributed by atoms with Crippen LogP contribution >= 0.6 is 0 Å². The number of aliphatic hydroxyl groups is 1. The highest BCUT2D eigenvalue weighted by Crippen LogP contribution is 2.26. The Hall–Kier alpha value is -2.60. The second kappa shape index (κ2) is 7.11. The van der Waals surface area contributed by atoms with Crippen LogP contribution < -0.4 is 10.5 Å². The van der Waals surface area contributed by atoms with Gasteiger partial charge in [-0.25, -0.2) is 4.79 Å². The highest BCUT2D eigenvalue weighted by Gasteiger charge is 2.20. The first kappa shape index (κ1) is 17.2. The van der Waals surface area contributed by atoms with Crippen molar-refractivity contribution in [2.24, 2.45) is 0 Å². The summed E-state index contributed by atoms with van der Waals surface area (Å²) in [5.41, 5.74) is 3.09. The fourth-order valence-electron chi connectivity index (χ4n) is 3.19. The molecule has 2 heterocycles. The number of aromatic amines is 1. The van der Waals surface area contributed by atoms with Gasteiger partial charge in [0.2, 0.25) is 0 Å². The maximum absolute atomic E-state index is 12.2. The number of nitrogens with one attached hydrogen (secondary N) is 1. The van der Waals surface area contributed by atoms with Crippen molar-refractivity contribution in [1.82, 2.24) is 4.98 Å². The molecule has 6 nitrogen and oxygen atoms in total. The lowest BCUT2D eigenvalue weighted by Crippen LogP contribution is -2.21. The number of pyridine rings is 1. The summed E-state index contributed by atoms with van der Waals surface area (Å²) >= 11 is 0. The van der Waals surface area contributed by atoms with E-state index in [-0.39, 0.29) is 11.7 Å². The number of H-pyrrole nitrogens is 1. The van der Waals surface area contributed by atoms with Crippen LogP contribution in [0.1, 0.15) is 29.3 Å². The molecule has 6 heteroatoms. The number of aryl methyl sites for hydroxylation is 1. The van der Waals surface area contributed by atoms with E-state index in [0.29, 0.717) is 18.7 Å². The lowest BCUT2D eigenvalue weighted by molar-refractivity contribution is 0.0598. The van der Waals surface area contributed by atoms with Crippen LogP contribution in [0.5, 0.6) is 0 Å². The Balaban J connectivity index is 1.94. The van der Waals surface area contributed by atoms with Crippen LogP contribution in [0.2, 0.25) is 0 Å². The third kappa shape index (κ3) is 3.44. The minimum atomic E-state index is -0.634. The van der Waals surface area contributed by atoms with Crippen molar-refractivity contribution >= 4 is 11.7 Å². The maximum Gasteiger partial charge on any atom is 0.343 e. The number of nitrogens with zero attached hydrogens (tertiary/aromatic N) is 1. The van der Waals surface area contributed by atoms with Gasteiger partial charge in [0.25, 0.3) is 5.56 Å². The number of carbonyl (C=O) groups excluding carboxylic acids is 1. The van der Waals surface area contributed by atoms with Crippen molar-refractivity contribution in [3.63, 3.8) is 0 Å². The maximum atomic E-state index is 12.2. The van der Waals surface area contributed by atoms with Crippen LogP contribution in [0, 0.1) is 0 Å². The van der Waals surface area contributed by atoms with E-state index in [0.717, 1.165) is 29.8 Å². The minimum absolute atomic E-state index is 0.0192. The molecule has 1 aliphatic heterocycles. The van der Waals surface area contributed by atoms with Gasteiger partial charge in [0.05, 0.1) is 18.9 Å². The monoisotopic (exact) mass is 342 g/mol. The van der Waals surface area contributed by atoms with Gasteiger partial charge in [0, 0.05) is 18.8 Å². The van der Waals surface area contributed by atoms with Gasteiger partial charge in [-0.3, -0.25) is 4.79 Å². The molecule has 1 atom stereocenters. The summed E-state index contributed by atoms with van der Waals surface area (Å²) in [5, 5.41) is 9.66. The number of rotatable bonds is 4.